The van der Waals surface area contributed by atoms with Crippen molar-refractivity contribution >= 4 is 5.82 Å². The Hall–Kier alpha value is -2.73. The molecule has 0 N–H and O–H groups in total. The van der Waals surface area contributed by atoms with Crippen LogP contribution in [0.2, 0.25) is 0 Å². The normalized spacial score (nSPS) is 9.33. The van der Waals surface area contributed by atoms with E-state index in [1.807, 2.05) is 6.92 Å². The zero-order valence-electron chi connectivity index (χ0n) is 9.83. The molecule has 0 saturated heterocycles. The molecule has 88 valence electrons. The standard InChI is InChI=1S/C12H10N6/c1-3-4-5-8-18-16-12(15-17-18)10-6-7-14-11(9-10)13-2/h6-7,9H,3,8H2,1H3. The van der Waals surface area contributed by atoms with E-state index in [9.17, 15) is 0 Å². The van der Waals surface area contributed by atoms with E-state index in [2.05, 4.69) is 37.1 Å². The summed E-state index contributed by atoms with van der Waals surface area (Å²) in [5, 5.41) is 12.0. The molecule has 0 unspecified atom stereocenters. The van der Waals surface area contributed by atoms with Gasteiger partial charge in [0.1, 0.15) is 12.7 Å². The Labute approximate surface area is 104 Å². The van der Waals surface area contributed by atoms with Crippen molar-refractivity contribution in [3.8, 4) is 23.2 Å². The Bertz CT molecular complexity index is 640. The van der Waals surface area contributed by atoms with Crippen molar-refractivity contribution in [1.82, 2.24) is 25.2 Å². The highest BCUT2D eigenvalue weighted by Gasteiger charge is 2.06. The monoisotopic (exact) mass is 238 g/mol. The van der Waals surface area contributed by atoms with E-state index in [1.165, 1.54) is 4.80 Å². The topological polar surface area (TPSA) is 60.9 Å². The second kappa shape index (κ2) is 5.55. The molecule has 0 aliphatic rings. The molecule has 0 amide bonds. The molecule has 0 aliphatic carbocycles. The first-order valence-corrected chi connectivity index (χ1v) is 5.41. The quantitative estimate of drug-likeness (QED) is 0.590. The van der Waals surface area contributed by atoms with Gasteiger partial charge in [0.15, 0.2) is 0 Å². The molecule has 0 aromatic carbocycles. The molecule has 0 atom stereocenters. The third-order valence-electron chi connectivity index (χ3n) is 2.09. The van der Waals surface area contributed by atoms with Crippen LogP contribution in [0.1, 0.15) is 13.3 Å². The fourth-order valence-electron chi connectivity index (χ4n) is 1.30. The van der Waals surface area contributed by atoms with Gasteiger partial charge in [0.25, 0.3) is 5.82 Å². The predicted molar refractivity (Wildman–Crippen MR) is 65.4 cm³/mol. The van der Waals surface area contributed by atoms with Crippen molar-refractivity contribution in [3.63, 3.8) is 0 Å². The van der Waals surface area contributed by atoms with Gasteiger partial charge in [0, 0.05) is 12.0 Å². The van der Waals surface area contributed by atoms with Crippen LogP contribution in [-0.2, 0) is 6.54 Å². The van der Waals surface area contributed by atoms with E-state index < -0.39 is 0 Å². The third-order valence-corrected chi connectivity index (χ3v) is 2.09. The Morgan fingerprint density at radius 1 is 1.44 bits per heavy atom. The van der Waals surface area contributed by atoms with Gasteiger partial charge in [-0.2, -0.15) is 4.80 Å². The molecule has 0 fully saturated rings. The van der Waals surface area contributed by atoms with Gasteiger partial charge >= 0.3 is 0 Å². The molecule has 6 heteroatoms. The summed E-state index contributed by atoms with van der Waals surface area (Å²) < 4.78 is 0. The minimum Gasteiger partial charge on any atom is -0.361 e. The summed E-state index contributed by atoms with van der Waals surface area (Å²) in [4.78, 5) is 8.58. The second-order valence-corrected chi connectivity index (χ2v) is 3.37. The van der Waals surface area contributed by atoms with Crippen LogP contribution in [0.5, 0.6) is 0 Å². The lowest BCUT2D eigenvalue weighted by atomic mass is 10.2. The highest BCUT2D eigenvalue weighted by Crippen LogP contribution is 2.17. The minimum atomic E-state index is 0.314. The molecule has 18 heavy (non-hydrogen) atoms. The van der Waals surface area contributed by atoms with Crippen molar-refractivity contribution in [2.75, 3.05) is 0 Å². The predicted octanol–water partition coefficient (Wildman–Crippen LogP) is 1.70. The first-order valence-electron chi connectivity index (χ1n) is 5.41. The smallest absolute Gasteiger partial charge is 0.270 e. The lowest BCUT2D eigenvalue weighted by Crippen LogP contribution is -2.00. The van der Waals surface area contributed by atoms with Crippen LogP contribution in [0.4, 0.5) is 5.82 Å². The number of tetrazole rings is 1. The van der Waals surface area contributed by atoms with Crippen LogP contribution in [0.25, 0.3) is 16.2 Å². The third kappa shape index (κ3) is 2.69. The first kappa shape index (κ1) is 11.7. The fraction of sp³-hybridized carbons (Fsp3) is 0.250. The lowest BCUT2D eigenvalue weighted by molar-refractivity contribution is 0.592. The van der Waals surface area contributed by atoms with Crippen molar-refractivity contribution in [2.45, 2.75) is 19.9 Å². The average Bonchev–Trinajstić information content (AvgIpc) is 2.88. The number of pyridine rings is 1. The van der Waals surface area contributed by atoms with Crippen LogP contribution in [0, 0.1) is 18.4 Å². The summed E-state index contributed by atoms with van der Waals surface area (Å²) in [6.45, 7) is 9.30. The average molecular weight is 238 g/mol. The number of hydrogen-bond donors (Lipinski definition) is 0. The van der Waals surface area contributed by atoms with Crippen LogP contribution >= 0.6 is 0 Å². The molecule has 2 aromatic heterocycles. The van der Waals surface area contributed by atoms with Crippen LogP contribution in [-0.4, -0.2) is 25.2 Å². The summed E-state index contributed by atoms with van der Waals surface area (Å²) >= 11 is 0. The molecule has 0 saturated carbocycles. The maximum absolute atomic E-state index is 6.90. The SMILES string of the molecule is [C-]#[N+]c1cc(-c2nnn(CC#CCC)n2)ccn1. The van der Waals surface area contributed by atoms with Crippen LogP contribution < -0.4 is 0 Å². The summed E-state index contributed by atoms with van der Waals surface area (Å²) in [6, 6.07) is 3.37. The van der Waals surface area contributed by atoms with Gasteiger partial charge in [0.2, 0.25) is 5.82 Å². The highest BCUT2D eigenvalue weighted by molar-refractivity contribution is 5.58. The Morgan fingerprint density at radius 2 is 2.33 bits per heavy atom. The summed E-state index contributed by atoms with van der Waals surface area (Å²) in [6.07, 6.45) is 2.36. The van der Waals surface area contributed by atoms with Crippen molar-refractivity contribution in [1.29, 1.82) is 0 Å². The van der Waals surface area contributed by atoms with Gasteiger partial charge < -0.3 is 4.85 Å². The van der Waals surface area contributed by atoms with E-state index in [1.54, 1.807) is 18.3 Å². The van der Waals surface area contributed by atoms with Gasteiger partial charge in [-0.25, -0.2) is 0 Å². The van der Waals surface area contributed by atoms with Gasteiger partial charge in [-0.05, 0) is 17.3 Å². The molecule has 0 spiro atoms. The Balaban J connectivity index is 2.21. The van der Waals surface area contributed by atoms with E-state index >= 15 is 0 Å². The molecule has 6 nitrogen and oxygen atoms in total. The molecular weight excluding hydrogens is 228 g/mol. The number of nitrogens with zero attached hydrogens (tertiary/aromatic N) is 6. The van der Waals surface area contributed by atoms with E-state index in [0.29, 0.717) is 18.2 Å². The number of rotatable bonds is 2. The largest absolute Gasteiger partial charge is 0.361 e. The van der Waals surface area contributed by atoms with Gasteiger partial charge in [-0.3, -0.25) is 0 Å². The summed E-state index contributed by atoms with van der Waals surface area (Å²) in [5.41, 5.74) is 0.728. The van der Waals surface area contributed by atoms with Crippen LogP contribution in [0.3, 0.4) is 0 Å². The van der Waals surface area contributed by atoms with E-state index in [-0.39, 0.29) is 0 Å². The lowest BCUT2D eigenvalue weighted by Gasteiger charge is -1.92. The number of hydrogen-bond acceptors (Lipinski definition) is 4. The maximum atomic E-state index is 6.90. The second-order valence-electron chi connectivity index (χ2n) is 3.37. The number of aromatic nitrogens is 5. The molecule has 2 aromatic rings. The molecule has 2 rings (SSSR count). The van der Waals surface area contributed by atoms with Crippen molar-refractivity contribution < 1.29 is 0 Å². The minimum absolute atomic E-state index is 0.314. The molecule has 0 bridgehead atoms. The Kier molecular flexibility index (Phi) is 3.62. The fourth-order valence-corrected chi connectivity index (χ4v) is 1.30. The van der Waals surface area contributed by atoms with Gasteiger partial charge in [-0.1, -0.05) is 19.4 Å². The van der Waals surface area contributed by atoms with Gasteiger partial charge in [0.05, 0.1) is 0 Å². The van der Waals surface area contributed by atoms with Crippen molar-refractivity contribution in [2.24, 2.45) is 0 Å². The highest BCUT2D eigenvalue weighted by atomic mass is 15.6. The molecule has 0 radical (unpaired) electrons. The summed E-state index contributed by atoms with van der Waals surface area (Å²) in [7, 11) is 0. The van der Waals surface area contributed by atoms with Crippen LogP contribution in [0.15, 0.2) is 18.3 Å². The zero-order chi connectivity index (χ0) is 12.8. The van der Waals surface area contributed by atoms with E-state index in [4.69, 9.17) is 6.57 Å². The zero-order valence-corrected chi connectivity index (χ0v) is 9.83. The Morgan fingerprint density at radius 3 is 3.11 bits per heavy atom. The first-order chi connectivity index (χ1) is 8.83. The maximum Gasteiger partial charge on any atom is 0.270 e. The molecule has 0 aliphatic heterocycles. The molecule has 2 heterocycles. The van der Waals surface area contributed by atoms with Crippen molar-refractivity contribution in [3.05, 3.63) is 29.7 Å². The van der Waals surface area contributed by atoms with Gasteiger partial charge in [-0.15, -0.1) is 21.1 Å². The van der Waals surface area contributed by atoms with E-state index in [0.717, 1.165) is 12.0 Å². The summed E-state index contributed by atoms with van der Waals surface area (Å²) in [5.74, 6) is 6.65. The molecular formula is C12H10N6.